The van der Waals surface area contributed by atoms with E-state index in [9.17, 15) is 8.42 Å². The summed E-state index contributed by atoms with van der Waals surface area (Å²) in [5.74, 6) is 0.203. The van der Waals surface area contributed by atoms with E-state index in [0.717, 1.165) is 19.5 Å². The second kappa shape index (κ2) is 7.57. The summed E-state index contributed by atoms with van der Waals surface area (Å²) >= 11 is 0. The molecule has 6 heteroatoms. The fourth-order valence-electron chi connectivity index (χ4n) is 2.29. The van der Waals surface area contributed by atoms with Crippen LogP contribution in [0.5, 0.6) is 0 Å². The van der Waals surface area contributed by atoms with Crippen LogP contribution in [-0.2, 0) is 10.0 Å². The van der Waals surface area contributed by atoms with Crippen LogP contribution in [0, 0.1) is 0 Å². The van der Waals surface area contributed by atoms with Gasteiger partial charge in [-0.3, -0.25) is 4.90 Å². The molecule has 0 bridgehead atoms. The van der Waals surface area contributed by atoms with Gasteiger partial charge in [-0.1, -0.05) is 20.8 Å². The Balaban J connectivity index is 2.41. The predicted molar refractivity (Wildman–Crippen MR) is 79.8 cm³/mol. The van der Waals surface area contributed by atoms with Gasteiger partial charge in [-0.05, 0) is 13.3 Å². The minimum atomic E-state index is -3.09. The Kier molecular flexibility index (Phi) is 6.73. The highest BCUT2D eigenvalue weighted by molar-refractivity contribution is 7.89. The van der Waals surface area contributed by atoms with Gasteiger partial charge in [-0.15, -0.1) is 0 Å². The third kappa shape index (κ3) is 5.38. The second-order valence-corrected chi connectivity index (χ2v) is 7.71. The summed E-state index contributed by atoms with van der Waals surface area (Å²) in [6.07, 6.45) is 1.12. The molecular formula is C13H29N3O2S. The van der Waals surface area contributed by atoms with Crippen LogP contribution in [0.15, 0.2) is 0 Å². The molecule has 1 aliphatic rings. The van der Waals surface area contributed by atoms with E-state index in [0.29, 0.717) is 31.7 Å². The zero-order chi connectivity index (χ0) is 14.5. The number of sulfonamides is 1. The molecule has 19 heavy (non-hydrogen) atoms. The summed E-state index contributed by atoms with van der Waals surface area (Å²) in [5, 5.41) is 3.16. The van der Waals surface area contributed by atoms with E-state index in [-0.39, 0.29) is 5.75 Å². The van der Waals surface area contributed by atoms with Crippen molar-refractivity contribution in [1.29, 1.82) is 0 Å². The standard InChI is InChI=1S/C13H29N3O2S/c1-5-13(4)15-7-9-16(10-8-15)19(17,18)11-6-14-12(2)3/h12-14H,5-11H2,1-4H3. The maximum Gasteiger partial charge on any atom is 0.215 e. The van der Waals surface area contributed by atoms with E-state index < -0.39 is 10.0 Å². The molecule has 1 unspecified atom stereocenters. The van der Waals surface area contributed by atoms with Gasteiger partial charge in [0.15, 0.2) is 0 Å². The molecule has 114 valence electrons. The van der Waals surface area contributed by atoms with Crippen LogP contribution in [0.3, 0.4) is 0 Å². The first-order valence-electron chi connectivity index (χ1n) is 7.32. The first-order valence-corrected chi connectivity index (χ1v) is 8.93. The molecule has 1 N–H and O–H groups in total. The quantitative estimate of drug-likeness (QED) is 0.751. The van der Waals surface area contributed by atoms with Crippen LogP contribution in [0.25, 0.3) is 0 Å². The fourth-order valence-corrected chi connectivity index (χ4v) is 3.64. The molecule has 1 heterocycles. The number of nitrogens with zero attached hydrogens (tertiary/aromatic N) is 2. The normalized spacial score (nSPS) is 20.9. The Bertz CT molecular complexity index is 349. The lowest BCUT2D eigenvalue weighted by Crippen LogP contribution is -2.52. The van der Waals surface area contributed by atoms with Gasteiger partial charge in [-0.2, -0.15) is 4.31 Å². The Morgan fingerprint density at radius 2 is 1.68 bits per heavy atom. The second-order valence-electron chi connectivity index (χ2n) is 5.62. The maximum absolute atomic E-state index is 12.2. The average molecular weight is 291 g/mol. The predicted octanol–water partition coefficient (Wildman–Crippen LogP) is 0.730. The molecule has 0 aromatic rings. The van der Waals surface area contributed by atoms with Crippen LogP contribution < -0.4 is 5.32 Å². The van der Waals surface area contributed by atoms with Gasteiger partial charge in [0, 0.05) is 44.8 Å². The van der Waals surface area contributed by atoms with E-state index >= 15 is 0 Å². The molecule has 0 aromatic carbocycles. The van der Waals surface area contributed by atoms with Crippen molar-refractivity contribution in [2.45, 2.75) is 46.2 Å². The third-order valence-corrected chi connectivity index (χ3v) is 5.67. The molecule has 0 saturated carbocycles. The van der Waals surface area contributed by atoms with Gasteiger partial charge in [0.05, 0.1) is 5.75 Å². The Labute approximate surface area is 118 Å². The minimum Gasteiger partial charge on any atom is -0.313 e. The first-order chi connectivity index (χ1) is 8.86. The van der Waals surface area contributed by atoms with Crippen molar-refractivity contribution in [2.24, 2.45) is 0 Å². The van der Waals surface area contributed by atoms with E-state index in [2.05, 4.69) is 24.1 Å². The Morgan fingerprint density at radius 3 is 2.16 bits per heavy atom. The zero-order valence-corrected chi connectivity index (χ0v) is 13.5. The Morgan fingerprint density at radius 1 is 1.11 bits per heavy atom. The Hall–Kier alpha value is -0.170. The largest absolute Gasteiger partial charge is 0.313 e. The monoisotopic (exact) mass is 291 g/mol. The minimum absolute atomic E-state index is 0.203. The summed E-state index contributed by atoms with van der Waals surface area (Å²) in [7, 11) is -3.09. The lowest BCUT2D eigenvalue weighted by Gasteiger charge is -2.37. The molecule has 1 atom stereocenters. The van der Waals surface area contributed by atoms with Gasteiger partial charge in [0.25, 0.3) is 0 Å². The molecule has 1 saturated heterocycles. The van der Waals surface area contributed by atoms with Crippen LogP contribution in [-0.4, -0.2) is 68.2 Å². The molecule has 0 spiro atoms. The van der Waals surface area contributed by atoms with Crippen molar-refractivity contribution in [3.63, 3.8) is 0 Å². The molecule has 1 fully saturated rings. The summed E-state index contributed by atoms with van der Waals surface area (Å²) in [4.78, 5) is 2.37. The fraction of sp³-hybridized carbons (Fsp3) is 1.00. The van der Waals surface area contributed by atoms with E-state index in [1.54, 1.807) is 4.31 Å². The zero-order valence-electron chi connectivity index (χ0n) is 12.7. The smallest absolute Gasteiger partial charge is 0.215 e. The van der Waals surface area contributed by atoms with Gasteiger partial charge in [0.2, 0.25) is 10.0 Å². The molecule has 0 aromatic heterocycles. The first kappa shape index (κ1) is 16.9. The molecule has 5 nitrogen and oxygen atoms in total. The molecule has 0 aliphatic carbocycles. The van der Waals surface area contributed by atoms with Crippen LogP contribution in [0.1, 0.15) is 34.1 Å². The SMILES string of the molecule is CCC(C)N1CCN(S(=O)(=O)CCNC(C)C)CC1. The van der Waals surface area contributed by atoms with E-state index in [1.807, 2.05) is 13.8 Å². The van der Waals surface area contributed by atoms with Crippen molar-refractivity contribution >= 4 is 10.0 Å². The molecule has 0 amide bonds. The number of nitrogens with one attached hydrogen (secondary N) is 1. The lowest BCUT2D eigenvalue weighted by atomic mass is 10.2. The average Bonchev–Trinajstić information content (AvgIpc) is 2.37. The van der Waals surface area contributed by atoms with Crippen molar-refractivity contribution in [2.75, 3.05) is 38.5 Å². The molecule has 0 radical (unpaired) electrons. The highest BCUT2D eigenvalue weighted by atomic mass is 32.2. The van der Waals surface area contributed by atoms with Gasteiger partial charge >= 0.3 is 0 Å². The van der Waals surface area contributed by atoms with Crippen LogP contribution in [0.2, 0.25) is 0 Å². The van der Waals surface area contributed by atoms with Crippen LogP contribution >= 0.6 is 0 Å². The molecule has 1 aliphatic heterocycles. The maximum atomic E-state index is 12.2. The van der Waals surface area contributed by atoms with Crippen molar-refractivity contribution < 1.29 is 8.42 Å². The summed E-state index contributed by atoms with van der Waals surface area (Å²) in [6.45, 7) is 11.9. The number of rotatable bonds is 7. The lowest BCUT2D eigenvalue weighted by molar-refractivity contribution is 0.142. The molecular weight excluding hydrogens is 262 g/mol. The summed E-state index contributed by atoms with van der Waals surface area (Å²) in [6, 6.07) is 0.880. The van der Waals surface area contributed by atoms with Gasteiger partial charge in [0.1, 0.15) is 0 Å². The van der Waals surface area contributed by atoms with Crippen molar-refractivity contribution in [1.82, 2.24) is 14.5 Å². The van der Waals surface area contributed by atoms with Gasteiger partial charge in [-0.25, -0.2) is 8.42 Å². The van der Waals surface area contributed by atoms with Crippen LogP contribution in [0.4, 0.5) is 0 Å². The van der Waals surface area contributed by atoms with E-state index in [4.69, 9.17) is 0 Å². The van der Waals surface area contributed by atoms with Gasteiger partial charge < -0.3 is 5.32 Å². The summed E-state index contributed by atoms with van der Waals surface area (Å²) in [5.41, 5.74) is 0. The summed E-state index contributed by atoms with van der Waals surface area (Å²) < 4.78 is 26.0. The number of hydrogen-bond donors (Lipinski definition) is 1. The van der Waals surface area contributed by atoms with E-state index in [1.165, 1.54) is 0 Å². The highest BCUT2D eigenvalue weighted by Gasteiger charge is 2.27. The number of piperazine rings is 1. The third-order valence-electron chi connectivity index (χ3n) is 3.79. The number of hydrogen-bond acceptors (Lipinski definition) is 4. The highest BCUT2D eigenvalue weighted by Crippen LogP contribution is 2.11. The van der Waals surface area contributed by atoms with Crippen molar-refractivity contribution in [3.8, 4) is 0 Å². The topological polar surface area (TPSA) is 52.7 Å². The van der Waals surface area contributed by atoms with Crippen molar-refractivity contribution in [3.05, 3.63) is 0 Å². The molecule has 1 rings (SSSR count).